The van der Waals surface area contributed by atoms with Crippen molar-refractivity contribution in [2.24, 2.45) is 5.16 Å². The van der Waals surface area contributed by atoms with Crippen molar-refractivity contribution in [3.8, 4) is 0 Å². The number of halogens is 1. The Labute approximate surface area is 338 Å². The number of fused-ring (bicyclic) bond motifs is 1. The average molecular weight is 826 g/mol. The maximum Gasteiger partial charge on any atom is 0.413 e. The van der Waals surface area contributed by atoms with Crippen LogP contribution >= 0.6 is 34.7 Å². The molecule has 0 radical (unpaired) electrons. The average Bonchev–Trinajstić information content (AvgIpc) is 3.56. The van der Waals surface area contributed by atoms with E-state index in [0.717, 1.165) is 27.4 Å². The Kier molecular flexibility index (Phi) is 12.6. The molecule has 17 heteroatoms. The number of alkyl halides is 1. The van der Waals surface area contributed by atoms with E-state index in [4.69, 9.17) is 25.9 Å². The van der Waals surface area contributed by atoms with Gasteiger partial charge in [0.05, 0.1) is 0 Å². The van der Waals surface area contributed by atoms with Gasteiger partial charge in [-0.3, -0.25) is 19.8 Å². The number of carbonyl (C=O) groups excluding carboxylic acids is 4. The zero-order chi connectivity index (χ0) is 41.2. The van der Waals surface area contributed by atoms with Crippen molar-refractivity contribution in [3.63, 3.8) is 0 Å². The quantitative estimate of drug-likeness (QED) is 0.0595. The van der Waals surface area contributed by atoms with Crippen molar-refractivity contribution in [1.29, 1.82) is 0 Å². The van der Waals surface area contributed by atoms with Gasteiger partial charge in [-0.1, -0.05) is 65.8 Å². The third kappa shape index (κ3) is 9.71. The number of ether oxygens (including phenoxy) is 2. The molecule has 0 saturated carbocycles. The largest absolute Gasteiger partial charge is 0.477 e. The number of β-lactam (4-membered cyclic amide) rings is 1. The van der Waals surface area contributed by atoms with Gasteiger partial charge < -0.3 is 24.7 Å². The lowest BCUT2D eigenvalue weighted by Gasteiger charge is -2.52. The number of oxime groups is 1. The van der Waals surface area contributed by atoms with Crippen LogP contribution in [-0.2, 0) is 33.5 Å². The van der Waals surface area contributed by atoms with E-state index in [0.29, 0.717) is 5.57 Å². The Bertz CT molecular complexity index is 2000. The summed E-state index contributed by atoms with van der Waals surface area (Å²) in [6, 6.07) is 17.9. The first-order valence-corrected chi connectivity index (χ1v) is 19.9. The van der Waals surface area contributed by atoms with E-state index < -0.39 is 69.0 Å². The number of amides is 3. The van der Waals surface area contributed by atoms with Crippen LogP contribution in [0.4, 0.5) is 9.93 Å². The van der Waals surface area contributed by atoms with E-state index in [1.165, 1.54) is 31.0 Å². The SMILES string of the molecule is CC(C)(C)OC(=O)Nc1nc(C(=NOC(C)(C)C(=O)OC(C)(C)C)C(=O)N[C@@H]2C(=O)N3C(C(=O)O)=C(CCl)C(C(c4ccccc4)c4ccccc4)S[C@H]23)cs1. The highest BCUT2D eigenvalue weighted by Crippen LogP contribution is 2.50. The molecule has 56 heavy (non-hydrogen) atoms. The maximum absolute atomic E-state index is 14.2. The molecule has 1 aromatic heterocycles. The standard InChI is InChI=1S/C39H44ClN5O9S2/c1-37(2,3)52-34(50)39(7,8)54-44-26(24-20-55-35(41-24)43-36(51)53-38(4,5)6)30(46)42-27-31(47)45-28(33(48)49)23(19-40)29(56-32(27)45)25(21-15-11-9-12-16-21)22-17-13-10-14-18-22/h9-18,20,25,27,29,32H,19H2,1-8H3,(H,42,46)(H,48,49)(H,41,43,51)/t27-,29?,32-/m1/s1. The number of esters is 1. The summed E-state index contributed by atoms with van der Waals surface area (Å²) in [5.41, 5.74) is -1.87. The van der Waals surface area contributed by atoms with Crippen molar-refractivity contribution in [3.05, 3.63) is 94.1 Å². The number of rotatable bonds is 12. The lowest BCUT2D eigenvalue weighted by atomic mass is 9.84. The molecule has 2 aromatic carbocycles. The molecule has 3 N–H and O–H groups in total. The Hall–Kier alpha value is -4.93. The van der Waals surface area contributed by atoms with E-state index in [1.54, 1.807) is 41.5 Å². The summed E-state index contributed by atoms with van der Waals surface area (Å²) in [7, 11) is 0. The van der Waals surface area contributed by atoms with Crippen molar-refractivity contribution in [2.45, 2.75) is 94.8 Å². The van der Waals surface area contributed by atoms with Gasteiger partial charge in [0.25, 0.3) is 11.8 Å². The van der Waals surface area contributed by atoms with Gasteiger partial charge in [-0.05, 0) is 72.1 Å². The zero-order valence-electron chi connectivity index (χ0n) is 32.1. The van der Waals surface area contributed by atoms with Gasteiger partial charge in [0.15, 0.2) is 10.8 Å². The van der Waals surface area contributed by atoms with Crippen LogP contribution < -0.4 is 10.6 Å². The summed E-state index contributed by atoms with van der Waals surface area (Å²) in [6.45, 7) is 13.0. The van der Waals surface area contributed by atoms with Crippen molar-refractivity contribution in [1.82, 2.24) is 15.2 Å². The number of carboxylic acid groups (broad SMARTS) is 1. The number of aliphatic carboxylic acids is 1. The van der Waals surface area contributed by atoms with E-state index in [2.05, 4.69) is 20.8 Å². The first-order chi connectivity index (χ1) is 26.2. The molecule has 0 bridgehead atoms. The minimum atomic E-state index is -1.68. The Balaban J connectivity index is 1.49. The normalized spacial score (nSPS) is 18.8. The predicted molar refractivity (Wildman–Crippen MR) is 214 cm³/mol. The second kappa shape index (κ2) is 16.7. The molecule has 1 unspecified atom stereocenters. The van der Waals surface area contributed by atoms with Crippen LogP contribution in [-0.4, -0.2) is 89.9 Å². The fourth-order valence-electron chi connectivity index (χ4n) is 5.86. The van der Waals surface area contributed by atoms with Gasteiger partial charge in [0.1, 0.15) is 34.0 Å². The Morgan fingerprint density at radius 3 is 2.02 bits per heavy atom. The van der Waals surface area contributed by atoms with E-state index in [9.17, 15) is 29.1 Å². The van der Waals surface area contributed by atoms with E-state index in [1.807, 2.05) is 60.7 Å². The predicted octanol–water partition coefficient (Wildman–Crippen LogP) is 6.51. The highest BCUT2D eigenvalue weighted by molar-refractivity contribution is 8.01. The van der Waals surface area contributed by atoms with Crippen LogP contribution in [0.3, 0.4) is 0 Å². The van der Waals surface area contributed by atoms with Crippen LogP contribution in [0.1, 0.15) is 78.1 Å². The Morgan fingerprint density at radius 1 is 0.929 bits per heavy atom. The molecule has 1 fully saturated rings. The molecule has 3 aromatic rings. The van der Waals surface area contributed by atoms with Crippen molar-refractivity contribution >= 4 is 75.4 Å². The van der Waals surface area contributed by atoms with Crippen LogP contribution in [0.15, 0.2) is 82.5 Å². The lowest BCUT2D eigenvalue weighted by molar-refractivity contribution is -0.179. The number of carboxylic acids is 1. The summed E-state index contributed by atoms with van der Waals surface area (Å²) < 4.78 is 10.8. The van der Waals surface area contributed by atoms with Gasteiger partial charge in [-0.15, -0.1) is 34.7 Å². The summed E-state index contributed by atoms with van der Waals surface area (Å²) >= 11 is 8.78. The first-order valence-electron chi connectivity index (χ1n) is 17.6. The van der Waals surface area contributed by atoms with E-state index in [-0.39, 0.29) is 28.3 Å². The van der Waals surface area contributed by atoms with Crippen LogP contribution in [0, 0.1) is 0 Å². The van der Waals surface area contributed by atoms with Crippen LogP contribution in [0.5, 0.6) is 0 Å². The summed E-state index contributed by atoms with van der Waals surface area (Å²) in [6.07, 6.45) is -0.782. The number of nitrogens with zero attached hydrogens (tertiary/aromatic N) is 3. The molecule has 0 spiro atoms. The fraction of sp³-hybridized carbons (Fsp3) is 0.410. The minimum Gasteiger partial charge on any atom is -0.477 e. The number of nitrogens with one attached hydrogen (secondary N) is 2. The van der Waals surface area contributed by atoms with Gasteiger partial charge in [-0.2, -0.15) is 0 Å². The molecular formula is C39H44ClN5O9S2. The smallest absolute Gasteiger partial charge is 0.413 e. The third-order valence-electron chi connectivity index (χ3n) is 8.30. The number of carbonyl (C=O) groups is 5. The number of anilines is 1. The van der Waals surface area contributed by atoms with Crippen molar-refractivity contribution in [2.75, 3.05) is 11.2 Å². The number of thioether (sulfide) groups is 1. The molecule has 1 saturated heterocycles. The molecule has 298 valence electrons. The minimum absolute atomic E-state index is 0.0554. The first kappa shape index (κ1) is 42.2. The van der Waals surface area contributed by atoms with Gasteiger partial charge in [0.2, 0.25) is 5.60 Å². The maximum atomic E-state index is 14.2. The van der Waals surface area contributed by atoms with E-state index >= 15 is 0 Å². The highest BCUT2D eigenvalue weighted by Gasteiger charge is 2.57. The zero-order valence-corrected chi connectivity index (χ0v) is 34.5. The van der Waals surface area contributed by atoms with Gasteiger partial charge >= 0.3 is 18.0 Å². The van der Waals surface area contributed by atoms with Gasteiger partial charge in [-0.25, -0.2) is 19.4 Å². The molecule has 14 nitrogen and oxygen atoms in total. The number of hydrogen-bond acceptors (Lipinski definition) is 12. The summed E-state index contributed by atoms with van der Waals surface area (Å²) in [4.78, 5) is 77.4. The third-order valence-corrected chi connectivity index (χ3v) is 11.0. The second-order valence-electron chi connectivity index (χ2n) is 15.4. The van der Waals surface area contributed by atoms with Crippen molar-refractivity contribution < 1.29 is 43.4 Å². The topological polar surface area (TPSA) is 186 Å². The molecular weight excluding hydrogens is 782 g/mol. The van der Waals surface area contributed by atoms with Crippen LogP contribution in [0.25, 0.3) is 0 Å². The number of hydrogen-bond donors (Lipinski definition) is 3. The highest BCUT2D eigenvalue weighted by atomic mass is 35.5. The summed E-state index contributed by atoms with van der Waals surface area (Å²) in [5, 5.41) is 19.8. The van der Waals surface area contributed by atoms with Crippen LogP contribution in [0.2, 0.25) is 0 Å². The molecule has 3 amide bonds. The molecule has 2 aliphatic rings. The lowest BCUT2D eigenvalue weighted by Crippen LogP contribution is -2.71. The molecule has 2 aliphatic heterocycles. The second-order valence-corrected chi connectivity index (χ2v) is 17.8. The molecule has 5 rings (SSSR count). The summed E-state index contributed by atoms with van der Waals surface area (Å²) in [5.74, 6) is -4.21. The molecule has 3 heterocycles. The number of aromatic nitrogens is 1. The van der Waals surface area contributed by atoms with Gasteiger partial charge in [0, 0.05) is 22.4 Å². The fourth-order valence-corrected chi connectivity index (χ4v) is 8.73. The Morgan fingerprint density at radius 2 is 1.50 bits per heavy atom. The monoisotopic (exact) mass is 825 g/mol. The molecule has 0 aliphatic carbocycles. The number of thiazole rings is 1. The number of benzene rings is 2. The molecule has 3 atom stereocenters.